The van der Waals surface area contributed by atoms with Gasteiger partial charge in [0.25, 0.3) is 0 Å². The van der Waals surface area contributed by atoms with Crippen LogP contribution in [0.4, 0.5) is 0 Å². The van der Waals surface area contributed by atoms with Crippen LogP contribution in [0.15, 0.2) is 5.16 Å². The molecule has 5 nitrogen and oxygen atoms in total. The van der Waals surface area contributed by atoms with E-state index in [-0.39, 0.29) is 23.7 Å². The number of carbonyl (C=O) groups is 1. The second-order valence-electron chi connectivity index (χ2n) is 5.51. The van der Waals surface area contributed by atoms with Crippen LogP contribution in [0.2, 0.25) is 0 Å². The summed E-state index contributed by atoms with van der Waals surface area (Å²) < 4.78 is 0. The standard InChI is InChI=1S/C14H29N3O2/c1-5-6-7-8-9-11(4)16-14(18)12(10(2)3)13(15)17-19/h10-12,19H,5-9H2,1-4H3,(H2,15,17)(H,16,18). The molecule has 0 rings (SSSR count). The number of hydrogen-bond acceptors (Lipinski definition) is 3. The Kier molecular flexibility index (Phi) is 9.00. The van der Waals surface area contributed by atoms with Gasteiger partial charge in [0.15, 0.2) is 5.84 Å². The maximum Gasteiger partial charge on any atom is 0.231 e. The van der Waals surface area contributed by atoms with Crippen LogP contribution in [-0.4, -0.2) is 23.0 Å². The summed E-state index contributed by atoms with van der Waals surface area (Å²) in [4.78, 5) is 12.1. The SMILES string of the molecule is CCCCCCC(C)NC(=O)C(C(N)=NO)C(C)C. The molecule has 112 valence electrons. The molecule has 0 aliphatic rings. The van der Waals surface area contributed by atoms with E-state index in [4.69, 9.17) is 10.9 Å². The lowest BCUT2D eigenvalue weighted by atomic mass is 9.93. The largest absolute Gasteiger partial charge is 0.409 e. The second-order valence-corrected chi connectivity index (χ2v) is 5.51. The van der Waals surface area contributed by atoms with Crippen LogP contribution in [0.5, 0.6) is 0 Å². The first-order chi connectivity index (χ1) is 8.93. The number of nitrogens with two attached hydrogens (primary N) is 1. The van der Waals surface area contributed by atoms with Crippen LogP contribution in [0.3, 0.4) is 0 Å². The zero-order valence-electron chi connectivity index (χ0n) is 12.6. The van der Waals surface area contributed by atoms with Gasteiger partial charge in [0.2, 0.25) is 5.91 Å². The minimum atomic E-state index is -0.567. The maximum absolute atomic E-state index is 12.1. The molecule has 2 unspecified atom stereocenters. The van der Waals surface area contributed by atoms with E-state index in [0.717, 1.165) is 12.8 Å². The first kappa shape index (κ1) is 17.7. The third kappa shape index (κ3) is 7.03. The number of unbranched alkanes of at least 4 members (excludes halogenated alkanes) is 3. The van der Waals surface area contributed by atoms with Crippen molar-refractivity contribution >= 4 is 11.7 Å². The number of hydrogen-bond donors (Lipinski definition) is 3. The molecule has 0 spiro atoms. The summed E-state index contributed by atoms with van der Waals surface area (Å²) in [5.74, 6) is -0.745. The summed E-state index contributed by atoms with van der Waals surface area (Å²) in [5.41, 5.74) is 5.57. The molecule has 4 N–H and O–H groups in total. The highest BCUT2D eigenvalue weighted by atomic mass is 16.4. The van der Waals surface area contributed by atoms with Crippen molar-refractivity contribution in [1.29, 1.82) is 0 Å². The zero-order valence-corrected chi connectivity index (χ0v) is 12.6. The van der Waals surface area contributed by atoms with Crippen LogP contribution >= 0.6 is 0 Å². The predicted octanol–water partition coefficient (Wildman–Crippen LogP) is 2.48. The van der Waals surface area contributed by atoms with Gasteiger partial charge in [-0.05, 0) is 19.3 Å². The van der Waals surface area contributed by atoms with Crippen molar-refractivity contribution in [3.8, 4) is 0 Å². The Hall–Kier alpha value is -1.26. The fourth-order valence-electron chi connectivity index (χ4n) is 2.12. The van der Waals surface area contributed by atoms with E-state index in [1.807, 2.05) is 20.8 Å². The van der Waals surface area contributed by atoms with Gasteiger partial charge >= 0.3 is 0 Å². The average molecular weight is 271 g/mol. The van der Waals surface area contributed by atoms with Gasteiger partial charge in [-0.2, -0.15) is 0 Å². The topological polar surface area (TPSA) is 87.7 Å². The number of amides is 1. The van der Waals surface area contributed by atoms with Crippen LogP contribution in [0, 0.1) is 11.8 Å². The van der Waals surface area contributed by atoms with Gasteiger partial charge in [0.1, 0.15) is 5.92 Å². The number of oxime groups is 1. The second kappa shape index (κ2) is 9.64. The molecule has 0 aliphatic heterocycles. The maximum atomic E-state index is 12.1. The first-order valence-electron chi connectivity index (χ1n) is 7.21. The Labute approximate surface area is 116 Å². The summed E-state index contributed by atoms with van der Waals surface area (Å²) in [6.07, 6.45) is 5.72. The quantitative estimate of drug-likeness (QED) is 0.198. The molecule has 0 aromatic rings. The monoisotopic (exact) mass is 271 g/mol. The molecule has 0 aromatic carbocycles. The third-order valence-corrected chi connectivity index (χ3v) is 3.26. The van der Waals surface area contributed by atoms with Crippen LogP contribution < -0.4 is 11.1 Å². The van der Waals surface area contributed by atoms with Crippen molar-refractivity contribution in [2.45, 2.75) is 65.8 Å². The van der Waals surface area contributed by atoms with Gasteiger partial charge in [-0.1, -0.05) is 51.6 Å². The number of carbonyl (C=O) groups excluding carboxylic acids is 1. The Bertz CT molecular complexity index is 290. The summed E-state index contributed by atoms with van der Waals surface area (Å²) in [6, 6.07) is 0.122. The van der Waals surface area contributed by atoms with Crippen molar-refractivity contribution in [3.63, 3.8) is 0 Å². The van der Waals surface area contributed by atoms with Gasteiger partial charge in [0, 0.05) is 6.04 Å². The van der Waals surface area contributed by atoms with Crippen LogP contribution in [0.25, 0.3) is 0 Å². The minimum Gasteiger partial charge on any atom is -0.409 e. The molecule has 0 saturated carbocycles. The van der Waals surface area contributed by atoms with Gasteiger partial charge < -0.3 is 16.3 Å². The fraction of sp³-hybridized carbons (Fsp3) is 0.857. The predicted molar refractivity (Wildman–Crippen MR) is 78.1 cm³/mol. The average Bonchev–Trinajstić information content (AvgIpc) is 2.34. The normalized spacial score (nSPS) is 15.3. The Morgan fingerprint density at radius 2 is 1.89 bits per heavy atom. The minimum absolute atomic E-state index is 0.00295. The van der Waals surface area contributed by atoms with Crippen LogP contribution in [-0.2, 0) is 4.79 Å². The summed E-state index contributed by atoms with van der Waals surface area (Å²) in [5, 5.41) is 14.6. The van der Waals surface area contributed by atoms with E-state index in [1.165, 1.54) is 19.3 Å². The Morgan fingerprint density at radius 1 is 1.26 bits per heavy atom. The molecule has 0 saturated heterocycles. The highest BCUT2D eigenvalue weighted by molar-refractivity contribution is 6.02. The van der Waals surface area contributed by atoms with E-state index in [2.05, 4.69) is 17.4 Å². The van der Waals surface area contributed by atoms with Gasteiger partial charge in [-0.15, -0.1) is 0 Å². The van der Waals surface area contributed by atoms with E-state index in [9.17, 15) is 4.79 Å². The highest BCUT2D eigenvalue weighted by Crippen LogP contribution is 2.12. The van der Waals surface area contributed by atoms with Crippen LogP contribution in [0.1, 0.15) is 59.8 Å². The molecule has 5 heteroatoms. The van der Waals surface area contributed by atoms with Crippen molar-refractivity contribution in [1.82, 2.24) is 5.32 Å². The van der Waals surface area contributed by atoms with E-state index < -0.39 is 5.92 Å². The Balaban J connectivity index is 4.25. The Morgan fingerprint density at radius 3 is 2.37 bits per heavy atom. The first-order valence-corrected chi connectivity index (χ1v) is 7.21. The zero-order chi connectivity index (χ0) is 14.8. The molecule has 0 aliphatic carbocycles. The van der Waals surface area contributed by atoms with Crippen molar-refractivity contribution in [2.24, 2.45) is 22.7 Å². The highest BCUT2D eigenvalue weighted by Gasteiger charge is 2.27. The van der Waals surface area contributed by atoms with Gasteiger partial charge in [0.05, 0.1) is 0 Å². The lowest BCUT2D eigenvalue weighted by Crippen LogP contribution is -2.44. The molecule has 2 atom stereocenters. The summed E-state index contributed by atoms with van der Waals surface area (Å²) in [6.45, 7) is 7.94. The van der Waals surface area contributed by atoms with Gasteiger partial charge in [-0.25, -0.2) is 0 Å². The molecular weight excluding hydrogens is 242 g/mol. The van der Waals surface area contributed by atoms with Crippen molar-refractivity contribution < 1.29 is 10.0 Å². The lowest BCUT2D eigenvalue weighted by molar-refractivity contribution is -0.124. The third-order valence-electron chi connectivity index (χ3n) is 3.26. The lowest BCUT2D eigenvalue weighted by Gasteiger charge is -2.21. The van der Waals surface area contributed by atoms with E-state index in [1.54, 1.807) is 0 Å². The molecule has 0 aromatic heterocycles. The molecule has 1 amide bonds. The fourth-order valence-corrected chi connectivity index (χ4v) is 2.12. The molecule has 0 fully saturated rings. The molecule has 0 heterocycles. The van der Waals surface area contributed by atoms with Crippen molar-refractivity contribution in [2.75, 3.05) is 0 Å². The van der Waals surface area contributed by atoms with Crippen molar-refractivity contribution in [3.05, 3.63) is 0 Å². The molecule has 0 radical (unpaired) electrons. The van der Waals surface area contributed by atoms with Gasteiger partial charge in [-0.3, -0.25) is 4.79 Å². The number of rotatable bonds is 9. The van der Waals surface area contributed by atoms with E-state index in [0.29, 0.717) is 0 Å². The number of nitrogens with zero attached hydrogens (tertiary/aromatic N) is 1. The summed E-state index contributed by atoms with van der Waals surface area (Å²) in [7, 11) is 0. The van der Waals surface area contributed by atoms with E-state index >= 15 is 0 Å². The molecular formula is C14H29N3O2. The summed E-state index contributed by atoms with van der Waals surface area (Å²) >= 11 is 0. The smallest absolute Gasteiger partial charge is 0.231 e. The molecule has 19 heavy (non-hydrogen) atoms. The molecule has 0 bridgehead atoms. The number of amidine groups is 1. The number of nitrogens with one attached hydrogen (secondary N) is 1.